The summed E-state index contributed by atoms with van der Waals surface area (Å²) in [5.74, 6) is 0.662. The summed E-state index contributed by atoms with van der Waals surface area (Å²) in [7, 11) is 1.65. The van der Waals surface area contributed by atoms with E-state index in [4.69, 9.17) is 10.5 Å². The van der Waals surface area contributed by atoms with E-state index >= 15 is 0 Å². The van der Waals surface area contributed by atoms with Crippen molar-refractivity contribution in [2.75, 3.05) is 26.7 Å². The smallest absolute Gasteiger partial charge is 0.416 e. The molecule has 0 aliphatic rings. The van der Waals surface area contributed by atoms with Crippen LogP contribution in [0.1, 0.15) is 16.7 Å². The first-order chi connectivity index (χ1) is 14.3. The van der Waals surface area contributed by atoms with Gasteiger partial charge in [-0.1, -0.05) is 24.3 Å². The van der Waals surface area contributed by atoms with Gasteiger partial charge in [-0.2, -0.15) is 13.2 Å². The van der Waals surface area contributed by atoms with Gasteiger partial charge in [0.2, 0.25) is 0 Å². The number of aliphatic imine (C=N–C) groups is 1. The fourth-order valence-electron chi connectivity index (χ4n) is 2.64. The molecule has 0 aliphatic carbocycles. The van der Waals surface area contributed by atoms with Crippen LogP contribution in [0.15, 0.2) is 53.5 Å². The van der Waals surface area contributed by atoms with E-state index in [9.17, 15) is 18.0 Å². The summed E-state index contributed by atoms with van der Waals surface area (Å²) in [6.45, 7) is 1.02. The van der Waals surface area contributed by atoms with Crippen molar-refractivity contribution < 1.29 is 22.7 Å². The van der Waals surface area contributed by atoms with E-state index in [0.29, 0.717) is 31.2 Å². The Bertz CT molecular complexity index is 841. The molecule has 6 nitrogen and oxygen atoms in total. The molecule has 0 spiro atoms. The van der Waals surface area contributed by atoms with Crippen LogP contribution in [0, 0.1) is 0 Å². The van der Waals surface area contributed by atoms with Gasteiger partial charge in [0.05, 0.1) is 5.56 Å². The summed E-state index contributed by atoms with van der Waals surface area (Å²) in [6.07, 6.45) is -3.00. The number of amides is 1. The van der Waals surface area contributed by atoms with Crippen molar-refractivity contribution in [1.82, 2.24) is 10.6 Å². The maximum Gasteiger partial charge on any atom is 0.416 e. The van der Waals surface area contributed by atoms with Crippen molar-refractivity contribution >= 4 is 35.8 Å². The first kappa shape index (κ1) is 26.5. The van der Waals surface area contributed by atoms with E-state index in [-0.39, 0.29) is 30.6 Å². The highest BCUT2D eigenvalue weighted by Gasteiger charge is 2.29. The van der Waals surface area contributed by atoms with Crippen LogP contribution < -0.4 is 21.1 Å². The van der Waals surface area contributed by atoms with Gasteiger partial charge in [0, 0.05) is 20.1 Å². The van der Waals surface area contributed by atoms with E-state index in [0.717, 1.165) is 29.7 Å². The van der Waals surface area contributed by atoms with Crippen LogP contribution in [0.2, 0.25) is 0 Å². The minimum Gasteiger partial charge on any atom is -0.484 e. The highest BCUT2D eigenvalue weighted by atomic mass is 127. The minimum absolute atomic E-state index is 0. The number of nitrogens with one attached hydrogen (secondary N) is 2. The molecule has 0 saturated carbocycles. The van der Waals surface area contributed by atoms with Crippen LogP contribution in [0.3, 0.4) is 0 Å². The number of carbonyl (C=O) groups is 1. The van der Waals surface area contributed by atoms with Crippen molar-refractivity contribution in [3.05, 3.63) is 65.2 Å². The lowest BCUT2D eigenvalue weighted by molar-refractivity contribution is -0.137. The molecule has 0 unspecified atom stereocenters. The van der Waals surface area contributed by atoms with Crippen LogP contribution in [-0.2, 0) is 23.8 Å². The maximum atomic E-state index is 12.6. The molecule has 0 saturated heterocycles. The molecule has 0 radical (unpaired) electrons. The molecule has 2 aromatic carbocycles. The van der Waals surface area contributed by atoms with Crippen LogP contribution in [0.5, 0.6) is 5.75 Å². The van der Waals surface area contributed by atoms with Gasteiger partial charge in [0.25, 0.3) is 5.91 Å². The summed E-state index contributed by atoms with van der Waals surface area (Å²) in [6, 6.07) is 12.5. The SMILES string of the molecule is CN=C(NCCc1ccc(OCC(N)=O)cc1)NCCc1ccc(C(F)(F)F)cc1.I. The lowest BCUT2D eigenvalue weighted by Crippen LogP contribution is -2.39. The van der Waals surface area contributed by atoms with Crippen LogP contribution in [0.25, 0.3) is 0 Å². The fraction of sp³-hybridized carbons (Fsp3) is 0.333. The van der Waals surface area contributed by atoms with Gasteiger partial charge >= 0.3 is 6.18 Å². The van der Waals surface area contributed by atoms with Gasteiger partial charge in [0.1, 0.15) is 5.75 Å². The molecule has 0 aliphatic heterocycles. The Hall–Kier alpha value is -2.50. The Morgan fingerprint density at radius 3 is 1.87 bits per heavy atom. The summed E-state index contributed by atoms with van der Waals surface area (Å²) in [5, 5.41) is 6.32. The lowest BCUT2D eigenvalue weighted by Gasteiger charge is -2.12. The number of benzene rings is 2. The molecule has 10 heteroatoms. The zero-order valence-corrected chi connectivity index (χ0v) is 19.4. The number of halogens is 4. The molecule has 0 aromatic heterocycles. The average molecular weight is 550 g/mol. The molecule has 0 fully saturated rings. The first-order valence-corrected chi connectivity index (χ1v) is 9.38. The molecule has 2 rings (SSSR count). The number of nitrogens with two attached hydrogens (primary N) is 1. The summed E-state index contributed by atoms with van der Waals surface area (Å²) >= 11 is 0. The van der Waals surface area contributed by atoms with E-state index in [2.05, 4.69) is 15.6 Å². The van der Waals surface area contributed by atoms with Gasteiger partial charge in [0.15, 0.2) is 12.6 Å². The van der Waals surface area contributed by atoms with Crippen molar-refractivity contribution in [1.29, 1.82) is 0 Å². The predicted molar refractivity (Wildman–Crippen MR) is 125 cm³/mol. The Morgan fingerprint density at radius 1 is 0.968 bits per heavy atom. The molecule has 31 heavy (non-hydrogen) atoms. The molecule has 0 atom stereocenters. The normalized spacial score (nSPS) is 11.4. The third kappa shape index (κ3) is 9.90. The standard InChI is InChI=1S/C21H25F3N4O2.HI/c1-26-20(27-12-10-15-2-6-17(7-3-15)21(22,23)24)28-13-11-16-4-8-18(9-5-16)30-14-19(25)29;/h2-9H,10-14H2,1H3,(H2,25,29)(H2,26,27,28);1H. The fourth-order valence-corrected chi connectivity index (χ4v) is 2.64. The highest BCUT2D eigenvalue weighted by Crippen LogP contribution is 2.29. The third-order valence-corrected chi connectivity index (χ3v) is 4.22. The topological polar surface area (TPSA) is 88.7 Å². The summed E-state index contributed by atoms with van der Waals surface area (Å²) < 4.78 is 43.0. The Kier molecular flexibility index (Phi) is 11.2. The largest absolute Gasteiger partial charge is 0.484 e. The number of alkyl halides is 3. The van der Waals surface area contributed by atoms with Crippen LogP contribution in [0.4, 0.5) is 13.2 Å². The summed E-state index contributed by atoms with van der Waals surface area (Å²) in [4.78, 5) is 14.8. The molecule has 0 heterocycles. The Labute approximate surface area is 196 Å². The van der Waals surface area contributed by atoms with Gasteiger partial charge < -0.3 is 21.1 Å². The van der Waals surface area contributed by atoms with Crippen molar-refractivity contribution in [3.8, 4) is 5.75 Å². The average Bonchev–Trinajstić information content (AvgIpc) is 2.71. The Balaban J connectivity index is 0.00000480. The third-order valence-electron chi connectivity index (χ3n) is 4.22. The van der Waals surface area contributed by atoms with E-state index in [1.807, 2.05) is 12.1 Å². The van der Waals surface area contributed by atoms with E-state index < -0.39 is 17.6 Å². The van der Waals surface area contributed by atoms with Crippen molar-refractivity contribution in [2.24, 2.45) is 10.7 Å². The predicted octanol–water partition coefficient (Wildman–Crippen LogP) is 3.14. The van der Waals surface area contributed by atoms with E-state index in [1.54, 1.807) is 19.2 Å². The lowest BCUT2D eigenvalue weighted by atomic mass is 10.1. The number of nitrogens with zero attached hydrogens (tertiary/aromatic N) is 1. The zero-order valence-electron chi connectivity index (χ0n) is 17.0. The van der Waals surface area contributed by atoms with Crippen LogP contribution in [-0.4, -0.2) is 38.6 Å². The number of carbonyl (C=O) groups excluding carboxylic acids is 1. The quantitative estimate of drug-likeness (QED) is 0.255. The van der Waals surface area contributed by atoms with Gasteiger partial charge in [-0.3, -0.25) is 9.79 Å². The van der Waals surface area contributed by atoms with Gasteiger partial charge in [-0.05, 0) is 48.2 Å². The highest BCUT2D eigenvalue weighted by molar-refractivity contribution is 14.0. The minimum atomic E-state index is -4.32. The summed E-state index contributed by atoms with van der Waals surface area (Å²) in [5.41, 5.74) is 6.28. The second-order valence-electron chi connectivity index (χ2n) is 6.52. The molecule has 2 aromatic rings. The molecule has 1 amide bonds. The number of primary amides is 1. The first-order valence-electron chi connectivity index (χ1n) is 9.38. The van der Waals surface area contributed by atoms with Gasteiger partial charge in [-0.15, -0.1) is 24.0 Å². The molecular weight excluding hydrogens is 524 g/mol. The number of rotatable bonds is 9. The monoisotopic (exact) mass is 550 g/mol. The number of ether oxygens (including phenoxy) is 1. The molecule has 4 N–H and O–H groups in total. The number of guanidine groups is 1. The second kappa shape index (κ2) is 13.0. The zero-order chi connectivity index (χ0) is 22.0. The van der Waals surface area contributed by atoms with Gasteiger partial charge in [-0.25, -0.2) is 0 Å². The maximum absolute atomic E-state index is 12.6. The van der Waals surface area contributed by atoms with E-state index in [1.165, 1.54) is 12.1 Å². The number of hydrogen-bond acceptors (Lipinski definition) is 3. The number of hydrogen-bond donors (Lipinski definition) is 3. The second-order valence-corrected chi connectivity index (χ2v) is 6.52. The van der Waals surface area contributed by atoms with Crippen LogP contribution >= 0.6 is 24.0 Å². The van der Waals surface area contributed by atoms with Crippen molar-refractivity contribution in [2.45, 2.75) is 19.0 Å². The molecule has 170 valence electrons. The van der Waals surface area contributed by atoms with Crippen molar-refractivity contribution in [3.63, 3.8) is 0 Å². The Morgan fingerprint density at radius 2 is 1.45 bits per heavy atom. The molecular formula is C21H26F3IN4O2. The molecule has 0 bridgehead atoms.